The predicted molar refractivity (Wildman–Crippen MR) is 170 cm³/mol. The molecule has 2 rings (SSSR count). The van der Waals surface area contributed by atoms with Crippen LogP contribution in [-0.2, 0) is 11.2 Å². The van der Waals surface area contributed by atoms with E-state index < -0.39 is 5.83 Å². The van der Waals surface area contributed by atoms with Crippen molar-refractivity contribution in [3.63, 3.8) is 0 Å². The molecule has 1 atom stereocenters. The van der Waals surface area contributed by atoms with Crippen molar-refractivity contribution in [1.82, 2.24) is 5.32 Å². The van der Waals surface area contributed by atoms with Crippen LogP contribution < -0.4 is 14.8 Å². The number of hydrogen-bond donors (Lipinski definition) is 1. The Balaban J connectivity index is -0.000000461. The first-order chi connectivity index (χ1) is 18.1. The topological polar surface area (TPSA) is 47.6 Å². The number of carbonyl (C=O) groups is 1. The molecule has 4 nitrogen and oxygen atoms in total. The van der Waals surface area contributed by atoms with Crippen LogP contribution in [0.2, 0.25) is 0 Å². The summed E-state index contributed by atoms with van der Waals surface area (Å²) >= 11 is 1.75. The third-order valence-electron chi connectivity index (χ3n) is 4.41. The molecule has 6 heteroatoms. The van der Waals surface area contributed by atoms with E-state index in [0.717, 1.165) is 24.1 Å². The van der Waals surface area contributed by atoms with Crippen molar-refractivity contribution in [2.45, 2.75) is 88.1 Å². The van der Waals surface area contributed by atoms with Crippen LogP contribution >= 0.6 is 11.8 Å². The summed E-state index contributed by atoms with van der Waals surface area (Å²) in [5.74, 6) is 0.612. The van der Waals surface area contributed by atoms with Crippen molar-refractivity contribution >= 4 is 17.5 Å². The van der Waals surface area contributed by atoms with E-state index in [2.05, 4.69) is 25.1 Å². The van der Waals surface area contributed by atoms with Gasteiger partial charge in [0.05, 0.1) is 7.11 Å². The van der Waals surface area contributed by atoms with E-state index in [1.54, 1.807) is 32.7 Å². The van der Waals surface area contributed by atoms with Gasteiger partial charge in [0.15, 0.2) is 11.5 Å². The van der Waals surface area contributed by atoms with Crippen LogP contribution in [0.5, 0.6) is 11.5 Å². The lowest BCUT2D eigenvalue weighted by Crippen LogP contribution is -2.31. The summed E-state index contributed by atoms with van der Waals surface area (Å²) in [7, 11) is 1.55. The van der Waals surface area contributed by atoms with E-state index in [-0.39, 0.29) is 23.2 Å². The van der Waals surface area contributed by atoms with Crippen molar-refractivity contribution in [2.75, 3.05) is 26.2 Å². The number of hydrogen-bond acceptors (Lipinski definition) is 5. The maximum absolute atomic E-state index is 14.1. The van der Waals surface area contributed by atoms with Crippen molar-refractivity contribution < 1.29 is 18.7 Å². The van der Waals surface area contributed by atoms with Gasteiger partial charge < -0.3 is 14.8 Å². The molecular formula is C32H56FNO3S. The highest BCUT2D eigenvalue weighted by molar-refractivity contribution is 7.97. The van der Waals surface area contributed by atoms with Gasteiger partial charge in [-0.15, -0.1) is 0 Å². The number of ether oxygens (including phenoxy) is 2. The van der Waals surface area contributed by atoms with Crippen molar-refractivity contribution in [1.29, 1.82) is 0 Å². The SMILES string of the molecule is C=C(/C=C(/F)C(=C)C(=C)C)Oc1cc2c(cc1OC)CCN[C@@H]2CC(C)=O.CC.CC.CC.CC.CSC. The van der Waals surface area contributed by atoms with Gasteiger partial charge in [0, 0.05) is 24.1 Å². The van der Waals surface area contributed by atoms with Crippen LogP contribution in [0.25, 0.3) is 0 Å². The molecule has 0 saturated carbocycles. The predicted octanol–water partition coefficient (Wildman–Crippen LogP) is 9.82. The van der Waals surface area contributed by atoms with Gasteiger partial charge in [-0.25, -0.2) is 4.39 Å². The Morgan fingerprint density at radius 2 is 1.53 bits per heavy atom. The highest BCUT2D eigenvalue weighted by Crippen LogP contribution is 2.37. The van der Waals surface area contributed by atoms with Crippen LogP contribution in [0.1, 0.15) is 92.8 Å². The van der Waals surface area contributed by atoms with Crippen molar-refractivity contribution in [2.24, 2.45) is 0 Å². The summed E-state index contributed by atoms with van der Waals surface area (Å²) in [6.45, 7) is 31.1. The zero-order chi connectivity index (χ0) is 30.8. The maximum Gasteiger partial charge on any atom is 0.169 e. The molecular weight excluding hydrogens is 497 g/mol. The molecule has 0 fully saturated rings. The maximum atomic E-state index is 14.1. The molecule has 0 unspecified atom stereocenters. The number of Topliss-reactive ketones (excluding diaryl/α,β-unsaturated/α-hetero) is 1. The largest absolute Gasteiger partial charge is 0.493 e. The molecule has 220 valence electrons. The normalized spacial score (nSPS) is 12.7. The number of allylic oxidation sites excluding steroid dienone is 4. The Bertz CT molecular complexity index is 847. The average molecular weight is 554 g/mol. The third kappa shape index (κ3) is 17.2. The molecule has 1 heterocycles. The van der Waals surface area contributed by atoms with E-state index in [9.17, 15) is 9.18 Å². The summed E-state index contributed by atoms with van der Waals surface area (Å²) < 4.78 is 25.3. The monoisotopic (exact) mass is 553 g/mol. The molecule has 38 heavy (non-hydrogen) atoms. The lowest BCUT2D eigenvalue weighted by Gasteiger charge is -2.27. The van der Waals surface area contributed by atoms with Crippen molar-refractivity contribution in [3.05, 3.63) is 71.8 Å². The van der Waals surface area contributed by atoms with E-state index in [1.807, 2.05) is 80.0 Å². The first kappa shape index (κ1) is 42.8. The minimum atomic E-state index is -0.555. The number of fused-ring (bicyclic) bond motifs is 1. The van der Waals surface area contributed by atoms with Gasteiger partial charge in [-0.05, 0) is 68.2 Å². The summed E-state index contributed by atoms with van der Waals surface area (Å²) in [5.41, 5.74) is 2.81. The van der Waals surface area contributed by atoms with E-state index in [4.69, 9.17) is 9.47 Å². The van der Waals surface area contributed by atoms with Crippen LogP contribution in [0.4, 0.5) is 4.39 Å². The Morgan fingerprint density at radius 1 is 1.03 bits per heavy atom. The molecule has 0 bridgehead atoms. The van der Waals surface area contributed by atoms with Crippen LogP contribution in [-0.4, -0.2) is 31.9 Å². The number of ketones is 1. The summed E-state index contributed by atoms with van der Waals surface area (Å²) in [5, 5.41) is 3.35. The Morgan fingerprint density at radius 3 is 1.95 bits per heavy atom. The third-order valence-corrected chi connectivity index (χ3v) is 4.41. The fourth-order valence-corrected chi connectivity index (χ4v) is 2.96. The molecule has 1 aromatic rings. The highest BCUT2D eigenvalue weighted by Gasteiger charge is 2.24. The molecule has 0 aliphatic carbocycles. The van der Waals surface area contributed by atoms with Crippen LogP contribution in [0, 0.1) is 0 Å². The number of rotatable bonds is 8. The molecule has 1 aliphatic rings. The molecule has 0 saturated heterocycles. The average Bonchev–Trinajstić information content (AvgIpc) is 2.92. The van der Waals surface area contributed by atoms with Gasteiger partial charge in [-0.1, -0.05) is 75.1 Å². The van der Waals surface area contributed by atoms with Gasteiger partial charge in [0.1, 0.15) is 17.4 Å². The van der Waals surface area contributed by atoms with Crippen LogP contribution in [0.15, 0.2) is 60.7 Å². The molecule has 0 aromatic heterocycles. The van der Waals surface area contributed by atoms with Crippen LogP contribution in [0.3, 0.4) is 0 Å². The van der Waals surface area contributed by atoms with Gasteiger partial charge >= 0.3 is 0 Å². The number of benzene rings is 1. The lowest BCUT2D eigenvalue weighted by atomic mass is 9.91. The Labute approximate surface area is 238 Å². The lowest BCUT2D eigenvalue weighted by molar-refractivity contribution is -0.117. The van der Waals surface area contributed by atoms with Crippen molar-refractivity contribution in [3.8, 4) is 11.5 Å². The first-order valence-electron chi connectivity index (χ1n) is 13.6. The minimum absolute atomic E-state index is 0.0803. The second-order valence-electron chi connectivity index (χ2n) is 7.09. The van der Waals surface area contributed by atoms with Gasteiger partial charge in [0.25, 0.3) is 0 Å². The number of halogens is 1. The quantitative estimate of drug-likeness (QED) is 0.256. The minimum Gasteiger partial charge on any atom is -0.493 e. The summed E-state index contributed by atoms with van der Waals surface area (Å²) in [6, 6.07) is 3.65. The van der Waals surface area contributed by atoms with Gasteiger partial charge in [-0.2, -0.15) is 11.8 Å². The van der Waals surface area contributed by atoms with Gasteiger partial charge in [-0.3, -0.25) is 4.79 Å². The van der Waals surface area contributed by atoms with E-state index >= 15 is 0 Å². The summed E-state index contributed by atoms with van der Waals surface area (Å²) in [6.07, 6.45) is 6.47. The number of carbonyl (C=O) groups excluding carboxylic acids is 1. The highest BCUT2D eigenvalue weighted by atomic mass is 32.2. The van der Waals surface area contributed by atoms with E-state index in [0.29, 0.717) is 23.5 Å². The first-order valence-corrected chi connectivity index (χ1v) is 15.2. The Kier molecular flexibility index (Phi) is 31.2. The second-order valence-corrected chi connectivity index (χ2v) is 7.91. The second kappa shape index (κ2) is 27.7. The molecule has 1 aromatic carbocycles. The number of methoxy groups -OCH3 is 1. The molecule has 1 aliphatic heterocycles. The zero-order valence-corrected chi connectivity index (χ0v) is 27.4. The smallest absolute Gasteiger partial charge is 0.169 e. The zero-order valence-electron chi connectivity index (χ0n) is 26.6. The number of thioether (sulfide) groups is 1. The van der Waals surface area contributed by atoms with Gasteiger partial charge in [0.2, 0.25) is 0 Å². The number of nitrogens with one attached hydrogen (secondary N) is 1. The molecule has 0 spiro atoms. The van der Waals surface area contributed by atoms with E-state index in [1.165, 1.54) is 6.08 Å². The fraction of sp³-hybridized carbons (Fsp3) is 0.531. The molecule has 0 amide bonds. The molecule has 1 N–H and O–H groups in total. The Hall–Kier alpha value is -2.31. The fourth-order valence-electron chi connectivity index (χ4n) is 2.96. The summed E-state index contributed by atoms with van der Waals surface area (Å²) in [4.78, 5) is 11.6. The molecule has 0 radical (unpaired) electrons. The standard InChI is InChI=1S/C22H26FNO3.C2H6S.4C2H6/c1-13(2)16(5)19(23)10-15(4)27-22-12-18-17(11-21(22)26-6)7-8-24-20(18)9-14(3)25;1-3-2;4*1-2/h10-12,20,24H,1,4-5,7-9H2,2-3,6H3;1-2H3;4*1-2H3/b19-10+;;;;;/t20-;;;;;/m1...../s1.